The van der Waals surface area contributed by atoms with Crippen molar-refractivity contribution in [2.24, 2.45) is 0 Å². The van der Waals surface area contributed by atoms with E-state index in [9.17, 15) is 52.7 Å². The molecule has 0 nitrogen and oxygen atoms in total. The van der Waals surface area contributed by atoms with E-state index >= 15 is 0 Å². The van der Waals surface area contributed by atoms with Gasteiger partial charge in [0.2, 0.25) is 0 Å². The van der Waals surface area contributed by atoms with Gasteiger partial charge in [-0.1, -0.05) is 37.1 Å². The molecule has 0 aromatic heterocycles. The summed E-state index contributed by atoms with van der Waals surface area (Å²) in [7, 11) is 9.87. The van der Waals surface area contributed by atoms with Crippen LogP contribution in [0.1, 0.15) is 54.2 Å². The Kier molecular flexibility index (Phi) is 15.7. The molecule has 296 valence electrons. The van der Waals surface area contributed by atoms with Crippen LogP contribution in [-0.4, -0.2) is 0 Å². The van der Waals surface area contributed by atoms with Crippen molar-refractivity contribution < 1.29 is 73.5 Å². The van der Waals surface area contributed by atoms with E-state index in [0.29, 0.717) is 21.9 Å². The van der Waals surface area contributed by atoms with Gasteiger partial charge in [-0.3, -0.25) is 0 Å². The van der Waals surface area contributed by atoms with Gasteiger partial charge >= 0.3 is 62.6 Å². The Morgan fingerprint density at radius 2 is 0.764 bits per heavy atom. The van der Waals surface area contributed by atoms with Gasteiger partial charge < -0.3 is 6.92 Å². The Hall–Kier alpha value is -3.28. The second kappa shape index (κ2) is 18.8. The van der Waals surface area contributed by atoms with Gasteiger partial charge in [-0.25, -0.2) is 0 Å². The molecule has 0 saturated carbocycles. The van der Waals surface area contributed by atoms with E-state index in [1.54, 1.807) is 43.3 Å². The van der Waals surface area contributed by atoms with Gasteiger partial charge in [0.15, 0.2) is 0 Å². The molecule has 0 amide bonds. The van der Waals surface area contributed by atoms with E-state index < -0.39 is 67.8 Å². The van der Waals surface area contributed by atoms with Gasteiger partial charge in [0.05, 0.1) is 22.3 Å². The van der Waals surface area contributed by atoms with Crippen LogP contribution in [0, 0.1) is 6.92 Å². The average molecular weight is 902 g/mol. The maximum absolute atomic E-state index is 13.1. The van der Waals surface area contributed by atoms with Gasteiger partial charge in [0, 0.05) is 0 Å². The monoisotopic (exact) mass is 899 g/mol. The van der Waals surface area contributed by atoms with Crippen molar-refractivity contribution in [3.8, 4) is 22.3 Å². The summed E-state index contributed by atoms with van der Waals surface area (Å²) in [5.74, 6) is 0. The van der Waals surface area contributed by atoms with Crippen molar-refractivity contribution in [3.63, 3.8) is 0 Å². The second-order valence-electron chi connectivity index (χ2n) is 11.7. The quantitative estimate of drug-likeness (QED) is 0.122. The first-order valence-corrected chi connectivity index (χ1v) is 22.6. The fourth-order valence-electron chi connectivity index (χ4n) is 5.73. The summed E-state index contributed by atoms with van der Waals surface area (Å²) in [5, 5.41) is 2.87. The van der Waals surface area contributed by atoms with E-state index in [4.69, 9.17) is 17.0 Å². The topological polar surface area (TPSA) is 0 Å². The zero-order chi connectivity index (χ0) is 41.5. The molecule has 0 unspecified atom stereocenters. The minimum atomic E-state index is -4.86. The fourth-order valence-corrected chi connectivity index (χ4v) is 5.73. The molecule has 0 saturated heterocycles. The molecular formula is C40H31Cl2F12Zr-3. The molecule has 0 spiro atoms. The van der Waals surface area contributed by atoms with Crippen LogP contribution in [0.25, 0.3) is 43.8 Å². The average Bonchev–Trinajstić information content (AvgIpc) is 3.75. The summed E-state index contributed by atoms with van der Waals surface area (Å²) in [5.41, 5.74) is -2.76. The summed E-state index contributed by atoms with van der Waals surface area (Å²) < 4.78 is 157. The maximum atomic E-state index is 13.1. The predicted molar refractivity (Wildman–Crippen MR) is 191 cm³/mol. The first kappa shape index (κ1) is 46.1. The zero-order valence-electron chi connectivity index (χ0n) is 29.2. The van der Waals surface area contributed by atoms with Crippen molar-refractivity contribution in [2.75, 3.05) is 0 Å². The number of aryl methyl sites for hydroxylation is 2. The number of rotatable bonds is 4. The first-order chi connectivity index (χ1) is 25.6. The second-order valence-corrected chi connectivity index (χ2v) is 15.4. The van der Waals surface area contributed by atoms with E-state index in [2.05, 4.69) is 6.92 Å². The van der Waals surface area contributed by atoms with Crippen LogP contribution in [0.15, 0.2) is 97.1 Å². The third-order valence-electron chi connectivity index (χ3n) is 8.23. The van der Waals surface area contributed by atoms with Crippen LogP contribution in [-0.2, 0) is 58.4 Å². The van der Waals surface area contributed by atoms with Crippen molar-refractivity contribution in [2.45, 2.75) is 58.3 Å². The van der Waals surface area contributed by atoms with Crippen LogP contribution in [0.3, 0.4) is 0 Å². The standard InChI is InChI=1S/2C19H13F6.C2H5.2ClH.Zr/c2*1-2-11-6-12-4-3-5-16(17(12)7-11)13-8-14(18(20,21)22)10-15(9-13)19(23,24)25;1-2;;;/h2*3-10H,2H2,1H3;1H2,2H3;2*1H;/q3*-1;;;+2/p-2. The summed E-state index contributed by atoms with van der Waals surface area (Å²) in [6.07, 6.45) is -18.0. The Morgan fingerprint density at radius 1 is 0.491 bits per heavy atom. The van der Waals surface area contributed by atoms with Gasteiger partial charge in [0.25, 0.3) is 0 Å². The Bertz CT molecular complexity index is 1950. The number of halogens is 14. The van der Waals surface area contributed by atoms with E-state index in [1.807, 2.05) is 26.0 Å². The van der Waals surface area contributed by atoms with E-state index in [1.165, 1.54) is 12.1 Å². The molecule has 0 heterocycles. The molecular weight excluding hydrogens is 871 g/mol. The molecule has 6 aromatic rings. The van der Waals surface area contributed by atoms with E-state index in [-0.39, 0.29) is 23.3 Å². The van der Waals surface area contributed by atoms with Crippen LogP contribution < -0.4 is 0 Å². The Labute approximate surface area is 328 Å². The molecule has 0 atom stereocenters. The van der Waals surface area contributed by atoms with Crippen LogP contribution in [0.4, 0.5) is 52.7 Å². The van der Waals surface area contributed by atoms with Crippen LogP contribution >= 0.6 is 17.0 Å². The molecule has 0 aliphatic rings. The minimum absolute atomic E-state index is 0.0963. The third kappa shape index (κ3) is 11.9. The number of fused-ring (bicyclic) bond motifs is 2. The molecule has 55 heavy (non-hydrogen) atoms. The summed E-state index contributed by atoms with van der Waals surface area (Å²) in [4.78, 5) is 0. The molecule has 0 N–H and O–H groups in total. The molecule has 15 heteroatoms. The summed E-state index contributed by atoms with van der Waals surface area (Å²) >= 11 is -0.826. The number of hydrogen-bond acceptors (Lipinski definition) is 0. The van der Waals surface area contributed by atoms with Crippen LogP contribution in [0.2, 0.25) is 0 Å². The number of alkyl halides is 12. The van der Waals surface area contributed by atoms with Gasteiger partial charge in [0.1, 0.15) is 0 Å². The fraction of sp³-hybridized carbons (Fsp3) is 0.225. The summed E-state index contributed by atoms with van der Waals surface area (Å²) in [6.45, 7) is 8.86. The van der Waals surface area contributed by atoms with Crippen molar-refractivity contribution in [3.05, 3.63) is 137 Å². The van der Waals surface area contributed by atoms with Gasteiger partial charge in [-0.15, -0.1) is 69.1 Å². The number of hydrogen-bond donors (Lipinski definition) is 0. The predicted octanol–water partition coefficient (Wildman–Crippen LogP) is 15.9. The number of benzene rings is 4. The molecule has 6 rings (SSSR count). The molecule has 0 aliphatic carbocycles. The molecule has 0 bridgehead atoms. The van der Waals surface area contributed by atoms with Crippen LogP contribution in [0.5, 0.6) is 0 Å². The Balaban J connectivity index is 0.000000265. The molecule has 0 fully saturated rings. The summed E-state index contributed by atoms with van der Waals surface area (Å²) in [6, 6.07) is 20.6. The van der Waals surface area contributed by atoms with Crippen molar-refractivity contribution in [1.82, 2.24) is 0 Å². The molecule has 0 radical (unpaired) electrons. The first-order valence-electron chi connectivity index (χ1n) is 16.2. The van der Waals surface area contributed by atoms with Crippen molar-refractivity contribution in [1.29, 1.82) is 0 Å². The van der Waals surface area contributed by atoms with Crippen molar-refractivity contribution >= 4 is 38.6 Å². The molecule has 6 aromatic carbocycles. The normalized spacial score (nSPS) is 12.0. The Morgan fingerprint density at radius 3 is 1.00 bits per heavy atom. The van der Waals surface area contributed by atoms with Gasteiger partial charge in [-0.2, -0.15) is 71.7 Å². The zero-order valence-corrected chi connectivity index (χ0v) is 33.1. The SMILES string of the molecule is CCc1cc2c(-c3cc(C(F)(F)F)cc(C(F)(F)F)c3)cccc2[cH-]1.CCc1cc2c(-c3cc(C(F)(F)F)cc(C(F)(F)F)c3)cccc2[cH-]1.[CH2-]C.[Cl][Zr][Cl]. The van der Waals surface area contributed by atoms with E-state index in [0.717, 1.165) is 59.0 Å². The third-order valence-corrected chi connectivity index (χ3v) is 8.23. The van der Waals surface area contributed by atoms with Gasteiger partial charge in [-0.05, 0) is 60.4 Å². The molecule has 0 aliphatic heterocycles.